The Hall–Kier alpha value is -1.72. The maximum atomic E-state index is 13.9. The summed E-state index contributed by atoms with van der Waals surface area (Å²) < 4.78 is 14.6. The fourth-order valence-electron chi connectivity index (χ4n) is 3.34. The molecule has 3 rings (SSSR count). The zero-order chi connectivity index (χ0) is 18.4. The lowest BCUT2D eigenvalue weighted by Crippen LogP contribution is -2.35. The molecular formula is C21H24BrFN2O. The third kappa shape index (κ3) is 5.39. The molecule has 0 atom stereocenters. The van der Waals surface area contributed by atoms with Crippen LogP contribution in [0.4, 0.5) is 4.39 Å². The Morgan fingerprint density at radius 1 is 1.04 bits per heavy atom. The quantitative estimate of drug-likeness (QED) is 0.724. The first-order valence-electron chi connectivity index (χ1n) is 9.10. The van der Waals surface area contributed by atoms with E-state index < -0.39 is 0 Å². The standard InChI is InChI=1S/C21H24BrFN2O/c22-19-9-7-18(20(23)15-19)8-10-21(26)25-12-4-11-24(13-14-25)16-17-5-2-1-3-6-17/h1-3,5-7,9,15H,4,8,10-14,16H2. The van der Waals surface area contributed by atoms with Crippen LogP contribution in [0.3, 0.4) is 0 Å². The normalized spacial score (nSPS) is 15.7. The molecule has 0 radical (unpaired) electrons. The van der Waals surface area contributed by atoms with Crippen molar-refractivity contribution in [2.45, 2.75) is 25.8 Å². The highest BCUT2D eigenvalue weighted by molar-refractivity contribution is 9.10. The number of rotatable bonds is 5. The highest BCUT2D eigenvalue weighted by Crippen LogP contribution is 2.17. The van der Waals surface area contributed by atoms with Crippen molar-refractivity contribution in [1.82, 2.24) is 9.80 Å². The number of carbonyl (C=O) groups is 1. The minimum atomic E-state index is -0.253. The van der Waals surface area contributed by atoms with Crippen molar-refractivity contribution < 1.29 is 9.18 Å². The van der Waals surface area contributed by atoms with Crippen LogP contribution in [0.25, 0.3) is 0 Å². The van der Waals surface area contributed by atoms with Crippen LogP contribution >= 0.6 is 15.9 Å². The van der Waals surface area contributed by atoms with Gasteiger partial charge in [-0.25, -0.2) is 4.39 Å². The number of carbonyl (C=O) groups excluding carboxylic acids is 1. The zero-order valence-electron chi connectivity index (χ0n) is 14.8. The lowest BCUT2D eigenvalue weighted by molar-refractivity contribution is -0.131. The van der Waals surface area contributed by atoms with E-state index in [-0.39, 0.29) is 11.7 Å². The first-order valence-corrected chi connectivity index (χ1v) is 9.89. The minimum absolute atomic E-state index is 0.119. The highest BCUT2D eigenvalue weighted by Gasteiger charge is 2.19. The van der Waals surface area contributed by atoms with E-state index >= 15 is 0 Å². The van der Waals surface area contributed by atoms with Crippen molar-refractivity contribution in [2.75, 3.05) is 26.2 Å². The van der Waals surface area contributed by atoms with Gasteiger partial charge in [0, 0.05) is 43.6 Å². The van der Waals surface area contributed by atoms with Crippen LogP contribution in [0.5, 0.6) is 0 Å². The molecule has 3 nitrogen and oxygen atoms in total. The molecule has 1 aliphatic rings. The van der Waals surface area contributed by atoms with Gasteiger partial charge in [0.2, 0.25) is 5.91 Å². The van der Waals surface area contributed by atoms with Gasteiger partial charge in [-0.2, -0.15) is 0 Å². The molecule has 0 N–H and O–H groups in total. The first kappa shape index (κ1) is 19.1. The summed E-state index contributed by atoms with van der Waals surface area (Å²) in [6, 6.07) is 15.4. The fraction of sp³-hybridized carbons (Fsp3) is 0.381. The number of aryl methyl sites for hydroxylation is 1. The fourth-order valence-corrected chi connectivity index (χ4v) is 3.68. The topological polar surface area (TPSA) is 23.6 Å². The van der Waals surface area contributed by atoms with Gasteiger partial charge in [0.05, 0.1) is 0 Å². The molecule has 1 amide bonds. The highest BCUT2D eigenvalue weighted by atomic mass is 79.9. The summed E-state index contributed by atoms with van der Waals surface area (Å²) in [7, 11) is 0. The van der Waals surface area contributed by atoms with Gasteiger partial charge < -0.3 is 4.90 Å². The van der Waals surface area contributed by atoms with E-state index in [1.165, 1.54) is 11.6 Å². The third-order valence-corrected chi connectivity index (χ3v) is 5.31. The molecule has 1 saturated heterocycles. The van der Waals surface area contributed by atoms with Gasteiger partial charge >= 0.3 is 0 Å². The van der Waals surface area contributed by atoms with E-state index in [4.69, 9.17) is 0 Å². The van der Waals surface area contributed by atoms with Crippen molar-refractivity contribution in [1.29, 1.82) is 0 Å². The number of halogens is 2. The van der Waals surface area contributed by atoms with Gasteiger partial charge in [-0.3, -0.25) is 9.69 Å². The number of nitrogens with zero attached hydrogens (tertiary/aromatic N) is 2. The molecule has 0 unspecified atom stereocenters. The van der Waals surface area contributed by atoms with Crippen LogP contribution in [-0.4, -0.2) is 41.9 Å². The molecule has 138 valence electrons. The van der Waals surface area contributed by atoms with E-state index in [0.29, 0.717) is 18.4 Å². The molecule has 0 saturated carbocycles. The zero-order valence-corrected chi connectivity index (χ0v) is 16.4. The van der Waals surface area contributed by atoms with Crippen molar-refractivity contribution in [3.8, 4) is 0 Å². The van der Waals surface area contributed by atoms with Crippen molar-refractivity contribution in [3.05, 3.63) is 69.9 Å². The van der Waals surface area contributed by atoms with Crippen LogP contribution in [0.15, 0.2) is 53.0 Å². The average Bonchev–Trinajstić information content (AvgIpc) is 2.87. The molecule has 2 aromatic carbocycles. The van der Waals surface area contributed by atoms with Crippen LogP contribution < -0.4 is 0 Å². The van der Waals surface area contributed by atoms with Crippen LogP contribution in [0.2, 0.25) is 0 Å². The molecule has 26 heavy (non-hydrogen) atoms. The van der Waals surface area contributed by atoms with Crippen LogP contribution in [0.1, 0.15) is 24.0 Å². The first-order chi connectivity index (χ1) is 12.6. The van der Waals surface area contributed by atoms with Gasteiger partial charge in [0.25, 0.3) is 0 Å². The summed E-state index contributed by atoms with van der Waals surface area (Å²) in [6.45, 7) is 4.34. The van der Waals surface area contributed by atoms with E-state index in [0.717, 1.165) is 43.6 Å². The molecule has 5 heteroatoms. The second-order valence-corrected chi connectivity index (χ2v) is 7.65. The van der Waals surface area contributed by atoms with Gasteiger partial charge in [0.15, 0.2) is 0 Å². The predicted molar refractivity (Wildman–Crippen MR) is 105 cm³/mol. The molecule has 1 aliphatic heterocycles. The van der Waals surface area contributed by atoms with Gasteiger partial charge in [-0.1, -0.05) is 52.3 Å². The van der Waals surface area contributed by atoms with Gasteiger partial charge in [-0.05, 0) is 36.1 Å². The van der Waals surface area contributed by atoms with Gasteiger partial charge in [0.1, 0.15) is 5.82 Å². The minimum Gasteiger partial charge on any atom is -0.341 e. The summed E-state index contributed by atoms with van der Waals surface area (Å²) >= 11 is 3.26. The molecular weight excluding hydrogens is 395 g/mol. The number of hydrogen-bond acceptors (Lipinski definition) is 2. The maximum absolute atomic E-state index is 13.9. The number of amides is 1. The van der Waals surface area contributed by atoms with E-state index in [1.807, 2.05) is 17.0 Å². The third-order valence-electron chi connectivity index (χ3n) is 4.81. The SMILES string of the molecule is O=C(CCc1ccc(Br)cc1F)N1CCCN(Cc2ccccc2)CC1. The lowest BCUT2D eigenvalue weighted by atomic mass is 10.1. The Balaban J connectivity index is 1.49. The molecule has 0 spiro atoms. The summed E-state index contributed by atoms with van der Waals surface area (Å²) in [5, 5.41) is 0. The van der Waals surface area contributed by atoms with Crippen LogP contribution in [-0.2, 0) is 17.8 Å². The Morgan fingerprint density at radius 2 is 1.85 bits per heavy atom. The lowest BCUT2D eigenvalue weighted by Gasteiger charge is -2.22. The van der Waals surface area contributed by atoms with Crippen molar-refractivity contribution >= 4 is 21.8 Å². The average molecular weight is 419 g/mol. The molecule has 0 bridgehead atoms. The summed E-state index contributed by atoms with van der Waals surface area (Å²) in [5.41, 5.74) is 1.90. The van der Waals surface area contributed by atoms with Crippen LogP contribution in [0, 0.1) is 5.82 Å². The smallest absolute Gasteiger partial charge is 0.222 e. The molecule has 1 heterocycles. The molecule has 0 aromatic heterocycles. The van der Waals surface area contributed by atoms with Crippen molar-refractivity contribution in [2.24, 2.45) is 0 Å². The summed E-state index contributed by atoms with van der Waals surface area (Å²) in [4.78, 5) is 16.9. The Bertz CT molecular complexity index is 738. The predicted octanol–water partition coefficient (Wildman–Crippen LogP) is 4.26. The molecule has 2 aromatic rings. The maximum Gasteiger partial charge on any atom is 0.222 e. The van der Waals surface area contributed by atoms with E-state index in [9.17, 15) is 9.18 Å². The Morgan fingerprint density at radius 3 is 2.62 bits per heavy atom. The largest absolute Gasteiger partial charge is 0.341 e. The molecule has 1 fully saturated rings. The monoisotopic (exact) mass is 418 g/mol. The molecule has 0 aliphatic carbocycles. The number of hydrogen-bond donors (Lipinski definition) is 0. The second kappa shape index (κ2) is 9.28. The Labute approximate surface area is 162 Å². The van der Waals surface area contributed by atoms with E-state index in [2.05, 4.69) is 45.1 Å². The second-order valence-electron chi connectivity index (χ2n) is 6.73. The Kier molecular flexibility index (Phi) is 6.80. The van der Waals surface area contributed by atoms with E-state index in [1.54, 1.807) is 6.07 Å². The van der Waals surface area contributed by atoms with Gasteiger partial charge in [-0.15, -0.1) is 0 Å². The summed E-state index contributed by atoms with van der Waals surface area (Å²) in [6.07, 6.45) is 1.78. The van der Waals surface area contributed by atoms with Crippen molar-refractivity contribution in [3.63, 3.8) is 0 Å². The summed E-state index contributed by atoms with van der Waals surface area (Å²) in [5.74, 6) is -0.133. The number of benzene rings is 2.